The zero-order valence-electron chi connectivity index (χ0n) is 7.88. The van der Waals surface area contributed by atoms with Crippen LogP contribution in [-0.2, 0) is 0 Å². The molecule has 4 heteroatoms. The Kier molecular flexibility index (Phi) is 1.71. The molecule has 4 nitrogen and oxygen atoms in total. The molecule has 1 aromatic rings. The van der Waals surface area contributed by atoms with E-state index in [1.165, 1.54) is 0 Å². The van der Waals surface area contributed by atoms with Gasteiger partial charge in [0.25, 0.3) is 0 Å². The van der Waals surface area contributed by atoms with Crippen molar-refractivity contribution in [3.05, 3.63) is 52.9 Å². The first-order valence-electron chi connectivity index (χ1n) is 4.65. The fraction of sp³-hybridized carbons (Fsp3) is 0. The molecular formula is C11H8N4. The number of fused-ring (bicyclic) bond motifs is 2. The predicted octanol–water partition coefficient (Wildman–Crippen LogP) is 0.394. The van der Waals surface area contributed by atoms with Crippen LogP contribution in [-0.4, -0.2) is 4.98 Å². The van der Waals surface area contributed by atoms with Crippen molar-refractivity contribution in [2.45, 2.75) is 0 Å². The van der Waals surface area contributed by atoms with Crippen molar-refractivity contribution >= 4 is 11.9 Å². The van der Waals surface area contributed by atoms with Gasteiger partial charge in [-0.05, 0) is 24.3 Å². The molecule has 0 radical (unpaired) electrons. The molecular weight excluding hydrogens is 188 g/mol. The summed E-state index contributed by atoms with van der Waals surface area (Å²) < 4.78 is 0. The van der Waals surface area contributed by atoms with Crippen molar-refractivity contribution in [1.82, 2.24) is 10.3 Å². The molecule has 0 fully saturated rings. The first-order chi connectivity index (χ1) is 7.45. The molecule has 0 bridgehead atoms. The molecule has 1 N–H and O–H groups in total. The summed E-state index contributed by atoms with van der Waals surface area (Å²) in [6.45, 7) is 0. The SMILES string of the molecule is C1=CNC2=c3cccnc3=CN=NC2=C1. The molecule has 72 valence electrons. The number of azo groups is 1. The molecule has 0 spiro atoms. The first-order valence-corrected chi connectivity index (χ1v) is 4.65. The summed E-state index contributed by atoms with van der Waals surface area (Å²) >= 11 is 0. The van der Waals surface area contributed by atoms with Crippen molar-refractivity contribution in [3.63, 3.8) is 0 Å². The van der Waals surface area contributed by atoms with E-state index in [-0.39, 0.29) is 0 Å². The van der Waals surface area contributed by atoms with Crippen molar-refractivity contribution in [2.24, 2.45) is 10.2 Å². The van der Waals surface area contributed by atoms with E-state index in [2.05, 4.69) is 20.5 Å². The van der Waals surface area contributed by atoms with Crippen molar-refractivity contribution < 1.29 is 0 Å². The molecule has 0 saturated carbocycles. The van der Waals surface area contributed by atoms with E-state index >= 15 is 0 Å². The number of nitrogens with zero attached hydrogens (tertiary/aromatic N) is 3. The van der Waals surface area contributed by atoms with Crippen molar-refractivity contribution in [3.8, 4) is 0 Å². The lowest BCUT2D eigenvalue weighted by molar-refractivity contribution is 1.10. The molecule has 2 aliphatic heterocycles. The molecule has 3 heterocycles. The van der Waals surface area contributed by atoms with Gasteiger partial charge in [0, 0.05) is 17.6 Å². The summed E-state index contributed by atoms with van der Waals surface area (Å²) in [6.07, 6.45) is 9.11. The third kappa shape index (κ3) is 1.27. The van der Waals surface area contributed by atoms with E-state index in [1.54, 1.807) is 12.4 Å². The summed E-state index contributed by atoms with van der Waals surface area (Å²) in [5.74, 6) is 0. The average Bonchev–Trinajstić information content (AvgIpc) is 2.48. The molecule has 0 saturated heterocycles. The van der Waals surface area contributed by atoms with E-state index in [1.807, 2.05) is 30.5 Å². The highest BCUT2D eigenvalue weighted by molar-refractivity contribution is 5.65. The Hall–Kier alpha value is -2.23. The maximum Gasteiger partial charge on any atom is 0.110 e. The van der Waals surface area contributed by atoms with Crippen LogP contribution in [0.4, 0.5) is 0 Å². The van der Waals surface area contributed by atoms with E-state index in [0.717, 1.165) is 22.0 Å². The molecule has 2 aliphatic rings. The number of hydrogen-bond donors (Lipinski definition) is 1. The second-order valence-corrected chi connectivity index (χ2v) is 3.21. The van der Waals surface area contributed by atoms with E-state index in [0.29, 0.717) is 0 Å². The van der Waals surface area contributed by atoms with Crippen LogP contribution in [0.3, 0.4) is 0 Å². The number of pyridine rings is 1. The normalized spacial score (nSPS) is 16.8. The van der Waals surface area contributed by atoms with Gasteiger partial charge in [-0.3, -0.25) is 4.98 Å². The van der Waals surface area contributed by atoms with E-state index in [4.69, 9.17) is 0 Å². The Morgan fingerprint density at radius 3 is 3.27 bits per heavy atom. The Morgan fingerprint density at radius 2 is 2.27 bits per heavy atom. The standard InChI is InChI=1S/C11H8N4/c1-3-8-10(12-5-1)7-14-15-9-4-2-6-13-11(8)9/h1-7,13H. The Bertz CT molecular complexity index is 608. The van der Waals surface area contributed by atoms with Crippen LogP contribution in [0.25, 0.3) is 11.9 Å². The van der Waals surface area contributed by atoms with Crippen LogP contribution in [0.1, 0.15) is 0 Å². The minimum Gasteiger partial charge on any atom is -0.359 e. The fourth-order valence-electron chi connectivity index (χ4n) is 1.60. The van der Waals surface area contributed by atoms with Crippen molar-refractivity contribution in [1.29, 1.82) is 0 Å². The fourth-order valence-corrected chi connectivity index (χ4v) is 1.60. The zero-order chi connectivity index (χ0) is 10.1. The lowest BCUT2D eigenvalue weighted by Gasteiger charge is -2.09. The Labute approximate surface area is 86.1 Å². The zero-order valence-corrected chi connectivity index (χ0v) is 7.88. The van der Waals surface area contributed by atoms with Crippen LogP contribution in [0.2, 0.25) is 0 Å². The number of aromatic nitrogens is 1. The molecule has 0 aromatic carbocycles. The molecule has 0 aliphatic carbocycles. The highest BCUT2D eigenvalue weighted by Crippen LogP contribution is 2.13. The number of nitrogens with one attached hydrogen (secondary N) is 1. The van der Waals surface area contributed by atoms with Gasteiger partial charge in [-0.25, -0.2) is 0 Å². The van der Waals surface area contributed by atoms with Crippen LogP contribution >= 0.6 is 0 Å². The number of allylic oxidation sites excluding steroid dienone is 2. The second kappa shape index (κ2) is 3.16. The maximum absolute atomic E-state index is 4.25. The van der Waals surface area contributed by atoms with Crippen LogP contribution in [0.5, 0.6) is 0 Å². The number of hydrogen-bond acceptors (Lipinski definition) is 4. The number of rotatable bonds is 0. The monoisotopic (exact) mass is 196 g/mol. The van der Waals surface area contributed by atoms with Gasteiger partial charge in [0.15, 0.2) is 0 Å². The Balaban J connectivity index is 2.45. The molecule has 15 heavy (non-hydrogen) atoms. The van der Waals surface area contributed by atoms with Crippen LogP contribution in [0, 0.1) is 0 Å². The van der Waals surface area contributed by atoms with Gasteiger partial charge in [-0.1, -0.05) is 0 Å². The minimum atomic E-state index is 0.834. The third-order valence-corrected chi connectivity index (χ3v) is 2.29. The highest BCUT2D eigenvalue weighted by Gasteiger charge is 2.09. The second-order valence-electron chi connectivity index (χ2n) is 3.21. The highest BCUT2D eigenvalue weighted by atomic mass is 15.1. The van der Waals surface area contributed by atoms with Gasteiger partial charge in [0.1, 0.15) is 5.70 Å². The quantitative estimate of drug-likeness (QED) is 0.652. The van der Waals surface area contributed by atoms with Gasteiger partial charge >= 0.3 is 0 Å². The van der Waals surface area contributed by atoms with E-state index in [9.17, 15) is 0 Å². The van der Waals surface area contributed by atoms with Gasteiger partial charge in [-0.15, -0.1) is 5.11 Å². The topological polar surface area (TPSA) is 49.6 Å². The number of dihydropyridines is 1. The van der Waals surface area contributed by atoms with Crippen LogP contribution in [0.15, 0.2) is 52.6 Å². The van der Waals surface area contributed by atoms with E-state index < -0.39 is 0 Å². The molecule has 0 atom stereocenters. The summed E-state index contributed by atoms with van der Waals surface area (Å²) in [7, 11) is 0. The molecule has 0 amide bonds. The average molecular weight is 196 g/mol. The Morgan fingerprint density at radius 1 is 1.27 bits per heavy atom. The third-order valence-electron chi connectivity index (χ3n) is 2.29. The van der Waals surface area contributed by atoms with Gasteiger partial charge in [0.2, 0.25) is 0 Å². The summed E-state index contributed by atoms with van der Waals surface area (Å²) in [4.78, 5) is 4.25. The smallest absolute Gasteiger partial charge is 0.110 e. The lowest BCUT2D eigenvalue weighted by atomic mass is 10.2. The summed E-state index contributed by atoms with van der Waals surface area (Å²) in [6, 6.07) is 3.91. The van der Waals surface area contributed by atoms with Gasteiger partial charge in [0.05, 0.1) is 17.2 Å². The molecule has 3 rings (SSSR count). The lowest BCUT2D eigenvalue weighted by Crippen LogP contribution is -2.33. The maximum atomic E-state index is 4.25. The van der Waals surface area contributed by atoms with Gasteiger partial charge in [-0.2, -0.15) is 5.11 Å². The van der Waals surface area contributed by atoms with Crippen molar-refractivity contribution in [2.75, 3.05) is 0 Å². The largest absolute Gasteiger partial charge is 0.359 e. The first kappa shape index (κ1) is 8.11. The van der Waals surface area contributed by atoms with Crippen LogP contribution < -0.4 is 15.9 Å². The van der Waals surface area contributed by atoms with Gasteiger partial charge < -0.3 is 5.32 Å². The molecule has 0 unspecified atom stereocenters. The predicted molar refractivity (Wildman–Crippen MR) is 56.6 cm³/mol. The molecule has 1 aromatic heterocycles. The minimum absolute atomic E-state index is 0.834. The summed E-state index contributed by atoms with van der Waals surface area (Å²) in [5, 5.41) is 13.1. The summed E-state index contributed by atoms with van der Waals surface area (Å²) in [5.41, 5.74) is 1.79.